The second-order valence-electron chi connectivity index (χ2n) is 9.19. The summed E-state index contributed by atoms with van der Waals surface area (Å²) in [5.41, 5.74) is 1.89. The molecular weight excluding hydrogens is 492 g/mol. The molecule has 1 saturated heterocycles. The summed E-state index contributed by atoms with van der Waals surface area (Å²) in [7, 11) is 0. The Hall–Kier alpha value is -4.18. The molecule has 4 aromatic rings. The molecule has 1 N–H and O–H groups in total. The van der Waals surface area contributed by atoms with Crippen molar-refractivity contribution in [3.63, 3.8) is 0 Å². The zero-order valence-electron chi connectivity index (χ0n) is 20.6. The largest absolute Gasteiger partial charge is 0.376 e. The number of nitrogens with zero attached hydrogens (tertiary/aromatic N) is 4. The Kier molecular flexibility index (Phi) is 7.69. The normalized spacial score (nSPS) is 15.9. The second kappa shape index (κ2) is 11.5. The van der Waals surface area contributed by atoms with E-state index in [0.29, 0.717) is 23.2 Å². The molecule has 1 fully saturated rings. The van der Waals surface area contributed by atoms with Gasteiger partial charge in [0.15, 0.2) is 0 Å². The number of rotatable bonds is 9. The topological polar surface area (TPSA) is 89.4 Å². The summed E-state index contributed by atoms with van der Waals surface area (Å²) in [5.74, 6) is -2.07. The van der Waals surface area contributed by atoms with E-state index in [-0.39, 0.29) is 31.3 Å². The molecule has 0 spiro atoms. The Bertz CT molecular complexity index is 1420. The predicted octanol–water partition coefficient (Wildman–Crippen LogP) is 3.77. The molecule has 2 heterocycles. The van der Waals surface area contributed by atoms with Crippen molar-refractivity contribution in [3.05, 3.63) is 95.6 Å². The molecule has 3 aromatic carbocycles. The number of hydrogen-bond donors (Lipinski definition) is 1. The van der Waals surface area contributed by atoms with Crippen LogP contribution in [0.1, 0.15) is 30.0 Å². The Morgan fingerprint density at radius 2 is 1.82 bits per heavy atom. The number of aromatic nitrogens is 3. The van der Waals surface area contributed by atoms with Crippen LogP contribution in [-0.4, -0.2) is 51.0 Å². The van der Waals surface area contributed by atoms with Crippen LogP contribution in [0.3, 0.4) is 0 Å². The van der Waals surface area contributed by atoms with Gasteiger partial charge in [0.25, 0.3) is 0 Å². The van der Waals surface area contributed by atoms with Crippen molar-refractivity contribution < 1.29 is 23.1 Å². The van der Waals surface area contributed by atoms with Crippen molar-refractivity contribution in [1.29, 1.82) is 0 Å². The minimum absolute atomic E-state index is 0.0521. The lowest BCUT2D eigenvalue weighted by Gasteiger charge is -2.32. The highest BCUT2D eigenvalue weighted by Crippen LogP contribution is 2.27. The van der Waals surface area contributed by atoms with Crippen LogP contribution in [0.15, 0.2) is 72.8 Å². The summed E-state index contributed by atoms with van der Waals surface area (Å²) in [4.78, 5) is 28.8. The molecule has 0 aliphatic carbocycles. The monoisotopic (exact) mass is 519 g/mol. The first-order valence-electron chi connectivity index (χ1n) is 12.5. The first kappa shape index (κ1) is 25.5. The van der Waals surface area contributed by atoms with E-state index in [0.717, 1.165) is 12.8 Å². The molecule has 10 heteroatoms. The summed E-state index contributed by atoms with van der Waals surface area (Å²) in [6.07, 6.45) is 1.57. The minimum Gasteiger partial charge on any atom is -0.376 e. The van der Waals surface area contributed by atoms with E-state index in [4.69, 9.17) is 4.74 Å². The summed E-state index contributed by atoms with van der Waals surface area (Å²) in [5, 5.41) is 11.0. The van der Waals surface area contributed by atoms with Gasteiger partial charge in [0, 0.05) is 25.3 Å². The summed E-state index contributed by atoms with van der Waals surface area (Å²) in [6.45, 7) is 0.582. The number of carbonyl (C=O) groups is 2. The van der Waals surface area contributed by atoms with Crippen molar-refractivity contribution in [2.45, 2.75) is 38.1 Å². The Morgan fingerprint density at radius 1 is 1.05 bits per heavy atom. The van der Waals surface area contributed by atoms with Crippen LogP contribution in [0.25, 0.3) is 11.0 Å². The number of carbonyl (C=O) groups excluding carboxylic acids is 2. The van der Waals surface area contributed by atoms with Gasteiger partial charge in [0.2, 0.25) is 11.8 Å². The number of benzene rings is 3. The fraction of sp³-hybridized carbons (Fsp3) is 0.286. The molecule has 38 heavy (non-hydrogen) atoms. The molecule has 2 amide bonds. The quantitative estimate of drug-likeness (QED) is 0.364. The van der Waals surface area contributed by atoms with Crippen molar-refractivity contribution in [2.75, 3.05) is 13.2 Å². The lowest BCUT2D eigenvalue weighted by Crippen LogP contribution is -2.46. The Labute approximate surface area is 218 Å². The molecule has 0 bridgehead atoms. The molecule has 8 nitrogen and oxygen atoms in total. The average Bonchev–Trinajstić information content (AvgIpc) is 3.60. The number of halogens is 2. The maximum atomic E-state index is 15.1. The zero-order valence-corrected chi connectivity index (χ0v) is 20.6. The van der Waals surface area contributed by atoms with Crippen molar-refractivity contribution >= 4 is 22.8 Å². The average molecular weight is 520 g/mol. The van der Waals surface area contributed by atoms with E-state index in [9.17, 15) is 14.0 Å². The molecular formula is C28H27F2N5O3. The zero-order chi connectivity index (χ0) is 26.5. The standard InChI is InChI=1S/C28H27F2N5O3/c29-20-13-11-19(12-14-20)17-34(26(36)18-35-25-10-4-3-9-24(25)32-33-35)27(22-7-1-2-8-23(22)30)28(37)31-16-21-6-5-15-38-21/h1-4,7-14,21,27H,5-6,15-18H2,(H,31,37). The fourth-order valence-corrected chi connectivity index (χ4v) is 4.63. The molecule has 1 aliphatic heterocycles. The third kappa shape index (κ3) is 5.70. The molecule has 2 unspecified atom stereocenters. The third-order valence-electron chi connectivity index (χ3n) is 6.58. The summed E-state index contributed by atoms with van der Waals surface area (Å²) in [6, 6.07) is 17.4. The van der Waals surface area contributed by atoms with E-state index in [1.165, 1.54) is 52.0 Å². The van der Waals surface area contributed by atoms with Crippen LogP contribution >= 0.6 is 0 Å². The maximum Gasteiger partial charge on any atom is 0.247 e. The van der Waals surface area contributed by atoms with Gasteiger partial charge in [-0.15, -0.1) is 5.10 Å². The number of ether oxygens (including phenoxy) is 1. The van der Waals surface area contributed by atoms with Gasteiger partial charge in [-0.3, -0.25) is 9.59 Å². The Balaban J connectivity index is 1.50. The molecule has 1 aromatic heterocycles. The molecule has 196 valence electrons. The van der Waals surface area contributed by atoms with Crippen molar-refractivity contribution in [1.82, 2.24) is 25.2 Å². The minimum atomic E-state index is -1.29. The lowest BCUT2D eigenvalue weighted by atomic mass is 10.0. The van der Waals surface area contributed by atoms with Gasteiger partial charge in [-0.05, 0) is 48.7 Å². The lowest BCUT2D eigenvalue weighted by molar-refractivity contribution is -0.142. The van der Waals surface area contributed by atoms with Gasteiger partial charge in [-0.25, -0.2) is 13.5 Å². The van der Waals surface area contributed by atoms with E-state index < -0.39 is 29.5 Å². The van der Waals surface area contributed by atoms with Gasteiger partial charge in [-0.2, -0.15) is 0 Å². The third-order valence-corrected chi connectivity index (χ3v) is 6.58. The number of fused-ring (bicyclic) bond motifs is 1. The van der Waals surface area contributed by atoms with Gasteiger partial charge >= 0.3 is 0 Å². The maximum absolute atomic E-state index is 15.1. The molecule has 0 saturated carbocycles. The highest BCUT2D eigenvalue weighted by molar-refractivity contribution is 5.89. The van der Waals surface area contributed by atoms with E-state index in [1.54, 1.807) is 18.2 Å². The van der Waals surface area contributed by atoms with Gasteiger partial charge < -0.3 is 15.0 Å². The number of amides is 2. The van der Waals surface area contributed by atoms with Gasteiger partial charge in [0.1, 0.15) is 29.7 Å². The van der Waals surface area contributed by atoms with Crippen LogP contribution in [0.2, 0.25) is 0 Å². The van der Waals surface area contributed by atoms with Crippen LogP contribution < -0.4 is 5.32 Å². The summed E-state index contributed by atoms with van der Waals surface area (Å²) < 4.78 is 35.8. The van der Waals surface area contributed by atoms with Crippen LogP contribution in [0.5, 0.6) is 0 Å². The van der Waals surface area contributed by atoms with Crippen LogP contribution in [0, 0.1) is 11.6 Å². The second-order valence-corrected chi connectivity index (χ2v) is 9.19. The van der Waals surface area contributed by atoms with Crippen molar-refractivity contribution in [2.24, 2.45) is 0 Å². The number of hydrogen-bond acceptors (Lipinski definition) is 5. The Morgan fingerprint density at radius 3 is 2.58 bits per heavy atom. The predicted molar refractivity (Wildman–Crippen MR) is 136 cm³/mol. The van der Waals surface area contributed by atoms with Crippen molar-refractivity contribution in [3.8, 4) is 0 Å². The van der Waals surface area contributed by atoms with E-state index in [1.807, 2.05) is 12.1 Å². The van der Waals surface area contributed by atoms with Crippen LogP contribution in [0.4, 0.5) is 8.78 Å². The molecule has 2 atom stereocenters. The SMILES string of the molecule is O=C(NCC1CCCO1)C(c1ccccc1F)N(Cc1ccc(F)cc1)C(=O)Cn1nnc2ccccc21. The molecule has 0 radical (unpaired) electrons. The molecule has 5 rings (SSSR count). The first-order valence-corrected chi connectivity index (χ1v) is 12.5. The van der Waals surface area contributed by atoms with Gasteiger partial charge in [-0.1, -0.05) is 47.7 Å². The van der Waals surface area contributed by atoms with Gasteiger partial charge in [0.05, 0.1) is 11.6 Å². The van der Waals surface area contributed by atoms with Crippen LogP contribution in [-0.2, 0) is 27.4 Å². The number of para-hydroxylation sites is 1. The van der Waals surface area contributed by atoms with E-state index >= 15 is 4.39 Å². The highest BCUT2D eigenvalue weighted by atomic mass is 19.1. The summed E-state index contributed by atoms with van der Waals surface area (Å²) >= 11 is 0. The molecule has 1 aliphatic rings. The van der Waals surface area contributed by atoms with E-state index in [2.05, 4.69) is 15.6 Å². The highest BCUT2D eigenvalue weighted by Gasteiger charge is 2.34. The first-order chi connectivity index (χ1) is 18.5. The fourth-order valence-electron chi connectivity index (χ4n) is 4.63. The number of nitrogens with one attached hydrogen (secondary N) is 1. The smallest absolute Gasteiger partial charge is 0.247 e.